The Labute approximate surface area is 65.6 Å². The van der Waals surface area contributed by atoms with Gasteiger partial charge in [0.25, 0.3) is 0 Å². The molecule has 5 nitrogen and oxygen atoms in total. The molecule has 0 saturated heterocycles. The lowest BCUT2D eigenvalue weighted by atomic mass is 10.0. The summed E-state index contributed by atoms with van der Waals surface area (Å²) < 4.78 is 0. The normalized spacial score (nSPS) is 22.4. The molecule has 0 aliphatic carbocycles. The monoisotopic (exact) mass is 164 g/mol. The predicted octanol–water partition coefficient (Wildman–Crippen LogP) is -2.62. The van der Waals surface area contributed by atoms with Gasteiger partial charge in [0, 0.05) is 12.1 Å². The minimum Gasteiger partial charge on any atom is -0.394 e. The summed E-state index contributed by atoms with van der Waals surface area (Å²) in [5.41, 5.74) is 10.7. The van der Waals surface area contributed by atoms with Crippen molar-refractivity contribution in [1.82, 2.24) is 0 Å². The van der Waals surface area contributed by atoms with Crippen molar-refractivity contribution >= 4 is 0 Å². The van der Waals surface area contributed by atoms with Gasteiger partial charge in [0.2, 0.25) is 0 Å². The van der Waals surface area contributed by atoms with Crippen molar-refractivity contribution in [1.29, 1.82) is 0 Å². The highest BCUT2D eigenvalue weighted by Gasteiger charge is 2.24. The van der Waals surface area contributed by atoms with Crippen LogP contribution in [0, 0.1) is 0 Å². The van der Waals surface area contributed by atoms with Crippen LogP contribution in [0.3, 0.4) is 0 Å². The molecule has 4 unspecified atom stereocenters. The van der Waals surface area contributed by atoms with Crippen molar-refractivity contribution in [2.24, 2.45) is 11.5 Å². The van der Waals surface area contributed by atoms with Crippen molar-refractivity contribution in [2.75, 3.05) is 6.61 Å². The zero-order valence-corrected chi connectivity index (χ0v) is 6.51. The summed E-state index contributed by atoms with van der Waals surface area (Å²) in [4.78, 5) is 0. The number of nitrogens with two attached hydrogens (primary N) is 2. The maximum absolute atomic E-state index is 9.14. The first kappa shape index (κ1) is 10.8. The fourth-order valence-electron chi connectivity index (χ4n) is 0.676. The first-order valence-electron chi connectivity index (χ1n) is 3.48. The van der Waals surface area contributed by atoms with Crippen LogP contribution in [0.4, 0.5) is 0 Å². The maximum Gasteiger partial charge on any atom is 0.104 e. The molecule has 68 valence electrons. The molecule has 4 atom stereocenters. The topological polar surface area (TPSA) is 113 Å². The zero-order valence-electron chi connectivity index (χ0n) is 6.51. The molecule has 0 aromatic heterocycles. The smallest absolute Gasteiger partial charge is 0.104 e. The molecule has 5 heteroatoms. The summed E-state index contributed by atoms with van der Waals surface area (Å²) >= 11 is 0. The van der Waals surface area contributed by atoms with Crippen LogP contribution in [0.25, 0.3) is 0 Å². The standard InChI is InChI=1S/C6H16N2O3/c1-3(7)5(8)6(11)4(10)2-9/h3-6,9-11H,2,7-8H2,1H3. The largest absolute Gasteiger partial charge is 0.394 e. The van der Waals surface area contributed by atoms with Crippen LogP contribution in [0.15, 0.2) is 0 Å². The Bertz CT molecular complexity index is 110. The van der Waals surface area contributed by atoms with Crippen molar-refractivity contribution in [3.05, 3.63) is 0 Å². The van der Waals surface area contributed by atoms with Crippen LogP contribution in [-0.2, 0) is 0 Å². The van der Waals surface area contributed by atoms with E-state index in [4.69, 9.17) is 26.8 Å². The molecule has 0 amide bonds. The van der Waals surface area contributed by atoms with Gasteiger partial charge >= 0.3 is 0 Å². The Balaban J connectivity index is 3.90. The molecule has 11 heavy (non-hydrogen) atoms. The van der Waals surface area contributed by atoms with Gasteiger partial charge in [-0.1, -0.05) is 0 Å². The second-order valence-corrected chi connectivity index (χ2v) is 2.68. The quantitative estimate of drug-likeness (QED) is 0.312. The summed E-state index contributed by atoms with van der Waals surface area (Å²) in [6.07, 6.45) is -2.38. The van der Waals surface area contributed by atoms with Crippen molar-refractivity contribution in [2.45, 2.75) is 31.2 Å². The maximum atomic E-state index is 9.14. The van der Waals surface area contributed by atoms with E-state index in [-0.39, 0.29) is 0 Å². The third-order valence-corrected chi connectivity index (χ3v) is 1.58. The minimum absolute atomic E-state index is 0.411. The van der Waals surface area contributed by atoms with Crippen LogP contribution in [0.2, 0.25) is 0 Å². The summed E-state index contributed by atoms with van der Waals surface area (Å²) in [6, 6.07) is -1.12. The molecule has 0 aromatic rings. The van der Waals surface area contributed by atoms with Crippen LogP contribution in [0.5, 0.6) is 0 Å². The van der Waals surface area contributed by atoms with Crippen LogP contribution < -0.4 is 11.5 Å². The van der Waals surface area contributed by atoms with E-state index in [9.17, 15) is 0 Å². The van der Waals surface area contributed by atoms with E-state index < -0.39 is 30.9 Å². The van der Waals surface area contributed by atoms with E-state index in [2.05, 4.69) is 0 Å². The van der Waals surface area contributed by atoms with Gasteiger partial charge in [-0.2, -0.15) is 0 Å². The third kappa shape index (κ3) is 3.13. The van der Waals surface area contributed by atoms with E-state index >= 15 is 0 Å². The van der Waals surface area contributed by atoms with Gasteiger partial charge in [-0.3, -0.25) is 0 Å². The van der Waals surface area contributed by atoms with Crippen LogP contribution in [-0.4, -0.2) is 46.2 Å². The van der Waals surface area contributed by atoms with E-state index in [1.54, 1.807) is 6.92 Å². The van der Waals surface area contributed by atoms with Gasteiger partial charge in [0.15, 0.2) is 0 Å². The Morgan fingerprint density at radius 3 is 2.00 bits per heavy atom. The van der Waals surface area contributed by atoms with Gasteiger partial charge in [-0.05, 0) is 6.92 Å². The minimum atomic E-state index is -1.21. The zero-order chi connectivity index (χ0) is 9.02. The van der Waals surface area contributed by atoms with E-state index in [1.807, 2.05) is 0 Å². The molecule has 0 heterocycles. The number of aliphatic hydroxyl groups excluding tert-OH is 3. The Morgan fingerprint density at radius 1 is 1.27 bits per heavy atom. The molecule has 0 aliphatic heterocycles. The second-order valence-electron chi connectivity index (χ2n) is 2.68. The van der Waals surface area contributed by atoms with Gasteiger partial charge < -0.3 is 26.8 Å². The van der Waals surface area contributed by atoms with E-state index in [0.717, 1.165) is 0 Å². The molecule has 0 rings (SSSR count). The Kier molecular flexibility index (Phi) is 4.55. The molecule has 7 N–H and O–H groups in total. The summed E-state index contributed by atoms with van der Waals surface area (Å²) in [5.74, 6) is 0. The summed E-state index contributed by atoms with van der Waals surface area (Å²) in [7, 11) is 0. The Hall–Kier alpha value is -0.200. The van der Waals surface area contributed by atoms with Crippen molar-refractivity contribution in [3.8, 4) is 0 Å². The lowest BCUT2D eigenvalue weighted by Gasteiger charge is -2.24. The number of rotatable bonds is 4. The van der Waals surface area contributed by atoms with Crippen molar-refractivity contribution < 1.29 is 15.3 Å². The van der Waals surface area contributed by atoms with Gasteiger partial charge in [-0.15, -0.1) is 0 Å². The highest BCUT2D eigenvalue weighted by molar-refractivity contribution is 4.83. The summed E-state index contributed by atoms with van der Waals surface area (Å²) in [6.45, 7) is 1.11. The molecule has 0 spiro atoms. The lowest BCUT2D eigenvalue weighted by Crippen LogP contribution is -2.53. The SMILES string of the molecule is CC(N)C(N)C(O)C(O)CO. The first-order chi connectivity index (χ1) is 5.00. The molecule has 0 aliphatic rings. The number of hydrogen-bond donors (Lipinski definition) is 5. The van der Waals surface area contributed by atoms with Crippen molar-refractivity contribution in [3.63, 3.8) is 0 Å². The second kappa shape index (κ2) is 4.63. The first-order valence-corrected chi connectivity index (χ1v) is 3.48. The predicted molar refractivity (Wildman–Crippen MR) is 40.7 cm³/mol. The Morgan fingerprint density at radius 2 is 1.73 bits per heavy atom. The average molecular weight is 164 g/mol. The molecule has 0 saturated carbocycles. The molecular weight excluding hydrogens is 148 g/mol. The summed E-state index contributed by atoms with van der Waals surface area (Å²) in [5, 5.41) is 26.5. The van der Waals surface area contributed by atoms with Gasteiger partial charge in [0.05, 0.1) is 12.7 Å². The van der Waals surface area contributed by atoms with Gasteiger partial charge in [0.1, 0.15) is 6.10 Å². The van der Waals surface area contributed by atoms with E-state index in [0.29, 0.717) is 0 Å². The number of hydrogen-bond acceptors (Lipinski definition) is 5. The average Bonchev–Trinajstić information content (AvgIpc) is 2.00. The lowest BCUT2D eigenvalue weighted by molar-refractivity contribution is -0.0285. The highest BCUT2D eigenvalue weighted by atomic mass is 16.4. The molecule has 0 bridgehead atoms. The molecule has 0 radical (unpaired) electrons. The molecule has 0 fully saturated rings. The fraction of sp³-hybridized carbons (Fsp3) is 1.00. The van der Waals surface area contributed by atoms with Gasteiger partial charge in [-0.25, -0.2) is 0 Å². The fourth-order valence-corrected chi connectivity index (χ4v) is 0.676. The third-order valence-electron chi connectivity index (χ3n) is 1.58. The number of aliphatic hydroxyl groups is 3. The highest BCUT2D eigenvalue weighted by Crippen LogP contribution is 1.99. The van der Waals surface area contributed by atoms with Crippen LogP contribution >= 0.6 is 0 Å². The van der Waals surface area contributed by atoms with E-state index in [1.165, 1.54) is 0 Å². The molecular formula is C6H16N2O3. The molecule has 0 aromatic carbocycles. The van der Waals surface area contributed by atoms with Crippen LogP contribution in [0.1, 0.15) is 6.92 Å².